The Morgan fingerprint density at radius 1 is 0.750 bits per heavy atom. The highest BCUT2D eigenvalue weighted by atomic mass is 32.2. The molecule has 0 bridgehead atoms. The zero-order chi connectivity index (χ0) is 22.0. The van der Waals surface area contributed by atoms with Crippen molar-refractivity contribution in [3.8, 4) is 0 Å². The van der Waals surface area contributed by atoms with Gasteiger partial charge in [0, 0.05) is 6.61 Å². The van der Waals surface area contributed by atoms with Crippen molar-refractivity contribution in [3.63, 3.8) is 0 Å². The monoisotopic (exact) mass is 460 g/mol. The van der Waals surface area contributed by atoms with Gasteiger partial charge in [0.05, 0.1) is 19.6 Å². The van der Waals surface area contributed by atoms with Crippen LogP contribution >= 0.6 is 0 Å². The lowest BCUT2D eigenvalue weighted by molar-refractivity contribution is -0.400. The first-order valence-corrected chi connectivity index (χ1v) is 8.85. The van der Waals surface area contributed by atoms with Crippen LogP contribution in [0.15, 0.2) is 0 Å². The minimum Gasteiger partial charge on any atom is -0.369 e. The van der Waals surface area contributed by atoms with Crippen molar-refractivity contribution in [1.29, 1.82) is 0 Å². The van der Waals surface area contributed by atoms with Gasteiger partial charge in [0.2, 0.25) is 0 Å². The van der Waals surface area contributed by atoms with E-state index in [1.165, 1.54) is 0 Å². The fraction of sp³-hybridized carbons (Fsp3) is 1.00. The van der Waals surface area contributed by atoms with Crippen LogP contribution < -0.4 is 0 Å². The molecule has 0 aromatic heterocycles. The lowest BCUT2D eigenvalue weighted by Crippen LogP contribution is -2.75. The molecule has 1 rings (SSSR count). The standard InChI is InChI=1S/C12H14F10O5S/c13-9(14,15)3-6-26-8-7(10(16,17)11(8,18)19)25-4-1-2-5-27-28(23,24)12(20,21)22/h7-8H,1-6H2. The maximum atomic E-state index is 13.3. The van der Waals surface area contributed by atoms with E-state index < -0.39 is 78.5 Å². The number of rotatable bonds is 10. The SMILES string of the molecule is O=S(=O)(OCCCCOC1C(OCCC(F)(F)F)C(F)(F)C1(F)F)C(F)(F)F. The van der Waals surface area contributed by atoms with Gasteiger partial charge in [-0.3, -0.25) is 4.18 Å². The average Bonchev–Trinajstić information content (AvgIpc) is 2.49. The Morgan fingerprint density at radius 2 is 1.18 bits per heavy atom. The van der Waals surface area contributed by atoms with E-state index in [-0.39, 0.29) is 6.42 Å². The van der Waals surface area contributed by atoms with Crippen LogP contribution in [0.1, 0.15) is 19.3 Å². The summed E-state index contributed by atoms with van der Waals surface area (Å²) < 4.78 is 158. The maximum absolute atomic E-state index is 13.3. The molecule has 0 amide bonds. The zero-order valence-corrected chi connectivity index (χ0v) is 14.4. The largest absolute Gasteiger partial charge is 0.523 e. The van der Waals surface area contributed by atoms with E-state index in [1.807, 2.05) is 0 Å². The summed E-state index contributed by atoms with van der Waals surface area (Å²) in [5.41, 5.74) is -5.65. The molecule has 1 aliphatic rings. The van der Waals surface area contributed by atoms with Gasteiger partial charge in [-0.05, 0) is 12.8 Å². The van der Waals surface area contributed by atoms with E-state index in [4.69, 9.17) is 0 Å². The smallest absolute Gasteiger partial charge is 0.369 e. The van der Waals surface area contributed by atoms with E-state index in [2.05, 4.69) is 13.7 Å². The number of unbranched alkanes of at least 4 members (excludes halogenated alkanes) is 1. The maximum Gasteiger partial charge on any atom is 0.523 e. The van der Waals surface area contributed by atoms with Crippen molar-refractivity contribution in [2.45, 2.75) is 55.0 Å². The molecule has 1 aliphatic carbocycles. The van der Waals surface area contributed by atoms with Crippen LogP contribution in [0.3, 0.4) is 0 Å². The first kappa shape index (κ1) is 25.2. The first-order valence-electron chi connectivity index (χ1n) is 7.45. The second-order valence-corrected chi connectivity index (χ2v) is 7.23. The van der Waals surface area contributed by atoms with Crippen molar-refractivity contribution >= 4 is 10.1 Å². The molecule has 0 N–H and O–H groups in total. The topological polar surface area (TPSA) is 61.8 Å². The lowest BCUT2D eigenvalue weighted by Gasteiger charge is -2.49. The summed E-state index contributed by atoms with van der Waals surface area (Å²) in [6, 6.07) is 0. The molecular weight excluding hydrogens is 446 g/mol. The Hall–Kier alpha value is -0.870. The number of ether oxygens (including phenoxy) is 2. The second-order valence-electron chi connectivity index (χ2n) is 5.62. The highest BCUT2D eigenvalue weighted by Gasteiger charge is 2.80. The third-order valence-corrected chi connectivity index (χ3v) is 4.52. The van der Waals surface area contributed by atoms with Crippen LogP contribution in [-0.2, 0) is 23.8 Å². The molecule has 0 heterocycles. The Bertz CT molecular complexity index is 615. The molecule has 0 radical (unpaired) electrons. The molecule has 1 saturated carbocycles. The molecule has 0 saturated heterocycles. The predicted octanol–water partition coefficient (Wildman–Crippen LogP) is 3.64. The number of hydrogen-bond acceptors (Lipinski definition) is 5. The fourth-order valence-corrected chi connectivity index (χ4v) is 2.47. The second kappa shape index (κ2) is 8.47. The summed E-state index contributed by atoms with van der Waals surface area (Å²) in [7, 11) is -5.83. The van der Waals surface area contributed by atoms with Crippen molar-refractivity contribution < 1.29 is 66.0 Å². The van der Waals surface area contributed by atoms with Crippen LogP contribution in [0.2, 0.25) is 0 Å². The minimum absolute atomic E-state index is 0.360. The van der Waals surface area contributed by atoms with Gasteiger partial charge in [-0.15, -0.1) is 0 Å². The van der Waals surface area contributed by atoms with E-state index >= 15 is 0 Å². The molecule has 168 valence electrons. The van der Waals surface area contributed by atoms with Crippen LogP contribution in [0.5, 0.6) is 0 Å². The number of hydrogen-bond donors (Lipinski definition) is 0. The molecule has 0 aromatic carbocycles. The normalized spacial score (nSPS) is 24.8. The molecule has 5 nitrogen and oxygen atoms in total. The van der Waals surface area contributed by atoms with Gasteiger partial charge < -0.3 is 9.47 Å². The Labute approximate surface area is 152 Å². The predicted molar refractivity (Wildman–Crippen MR) is 70.2 cm³/mol. The third kappa shape index (κ3) is 5.82. The fourth-order valence-electron chi connectivity index (χ4n) is 2.00. The highest BCUT2D eigenvalue weighted by molar-refractivity contribution is 7.87. The summed E-state index contributed by atoms with van der Waals surface area (Å²) in [6.45, 7) is -3.01. The molecule has 2 atom stereocenters. The van der Waals surface area contributed by atoms with E-state index in [9.17, 15) is 52.3 Å². The summed E-state index contributed by atoms with van der Waals surface area (Å²) in [5.74, 6) is -9.50. The molecule has 28 heavy (non-hydrogen) atoms. The quantitative estimate of drug-likeness (QED) is 0.216. The molecule has 0 aromatic rings. The summed E-state index contributed by atoms with van der Waals surface area (Å²) in [6.07, 6.45) is -12.4. The molecule has 1 fully saturated rings. The van der Waals surface area contributed by atoms with E-state index in [0.29, 0.717) is 0 Å². The summed E-state index contributed by atoms with van der Waals surface area (Å²) in [4.78, 5) is 0. The zero-order valence-electron chi connectivity index (χ0n) is 13.6. The molecule has 2 unspecified atom stereocenters. The summed E-state index contributed by atoms with van der Waals surface area (Å²) in [5, 5.41) is 0. The number of halogens is 10. The van der Waals surface area contributed by atoms with Crippen molar-refractivity contribution in [2.75, 3.05) is 19.8 Å². The Morgan fingerprint density at radius 3 is 1.61 bits per heavy atom. The van der Waals surface area contributed by atoms with Gasteiger partial charge in [0.15, 0.2) is 12.2 Å². The molecule has 0 aliphatic heterocycles. The first-order chi connectivity index (χ1) is 12.4. The van der Waals surface area contributed by atoms with Gasteiger partial charge >= 0.3 is 33.6 Å². The van der Waals surface area contributed by atoms with Crippen LogP contribution in [0, 0.1) is 0 Å². The lowest BCUT2D eigenvalue weighted by atomic mass is 9.81. The van der Waals surface area contributed by atoms with Crippen LogP contribution in [0.25, 0.3) is 0 Å². The van der Waals surface area contributed by atoms with Gasteiger partial charge in [-0.1, -0.05) is 0 Å². The Kier molecular flexibility index (Phi) is 7.62. The number of alkyl halides is 10. The molecular formula is C12H14F10O5S. The van der Waals surface area contributed by atoms with E-state index in [0.717, 1.165) is 0 Å². The van der Waals surface area contributed by atoms with Crippen molar-refractivity contribution in [2.24, 2.45) is 0 Å². The van der Waals surface area contributed by atoms with Crippen LogP contribution in [0.4, 0.5) is 43.9 Å². The third-order valence-electron chi connectivity index (χ3n) is 3.48. The van der Waals surface area contributed by atoms with Gasteiger partial charge in [0.25, 0.3) is 0 Å². The molecule has 16 heteroatoms. The summed E-state index contributed by atoms with van der Waals surface area (Å²) >= 11 is 0. The molecule has 0 spiro atoms. The minimum atomic E-state index is -5.83. The average molecular weight is 460 g/mol. The van der Waals surface area contributed by atoms with Crippen molar-refractivity contribution in [3.05, 3.63) is 0 Å². The van der Waals surface area contributed by atoms with Crippen LogP contribution in [-0.4, -0.2) is 64.0 Å². The van der Waals surface area contributed by atoms with E-state index in [1.54, 1.807) is 0 Å². The van der Waals surface area contributed by atoms with Gasteiger partial charge in [-0.25, -0.2) is 0 Å². The highest BCUT2D eigenvalue weighted by Crippen LogP contribution is 2.54. The Balaban J connectivity index is 2.44. The van der Waals surface area contributed by atoms with Crippen molar-refractivity contribution in [1.82, 2.24) is 0 Å². The van der Waals surface area contributed by atoms with Gasteiger partial charge in [-0.2, -0.15) is 52.3 Å². The van der Waals surface area contributed by atoms with Gasteiger partial charge in [0.1, 0.15) is 0 Å².